The molecule has 2 heterocycles. The number of nitrogens with one attached hydrogen (secondary N) is 1. The van der Waals surface area contributed by atoms with E-state index in [4.69, 9.17) is 9.51 Å². The van der Waals surface area contributed by atoms with Gasteiger partial charge in [-0.1, -0.05) is 67.0 Å². The van der Waals surface area contributed by atoms with Crippen molar-refractivity contribution in [3.8, 4) is 22.5 Å². The van der Waals surface area contributed by atoms with E-state index in [0.717, 1.165) is 65.1 Å². The second kappa shape index (κ2) is 9.86. The zero-order valence-corrected chi connectivity index (χ0v) is 20.2. The van der Waals surface area contributed by atoms with E-state index in [2.05, 4.69) is 29.2 Å². The van der Waals surface area contributed by atoms with Crippen molar-refractivity contribution in [2.75, 3.05) is 0 Å². The van der Waals surface area contributed by atoms with E-state index in [9.17, 15) is 9.59 Å². The van der Waals surface area contributed by atoms with Gasteiger partial charge in [0.15, 0.2) is 5.82 Å². The van der Waals surface area contributed by atoms with Gasteiger partial charge in [0, 0.05) is 24.1 Å². The van der Waals surface area contributed by atoms with Crippen LogP contribution < -0.4 is 11.3 Å². The standard InChI is InChI=1S/C28H30N4O3/c1-3-4-9-25-24(27(33)32(18(2)29-25)17-20-10-11-20)16-19-12-14-21(15-13-19)22-7-5-6-8-23(22)26-30-28(34)35-31-26/h5-8,12-15,20H,3-4,9-11,16-17H2,1-2H3,(H,30,31,34). The van der Waals surface area contributed by atoms with Gasteiger partial charge in [0.2, 0.25) is 0 Å². The summed E-state index contributed by atoms with van der Waals surface area (Å²) < 4.78 is 6.57. The Morgan fingerprint density at radius 3 is 2.46 bits per heavy atom. The highest BCUT2D eigenvalue weighted by Gasteiger charge is 2.24. The van der Waals surface area contributed by atoms with E-state index < -0.39 is 5.76 Å². The highest BCUT2D eigenvalue weighted by Crippen LogP contribution is 2.31. The Morgan fingerprint density at radius 2 is 1.80 bits per heavy atom. The summed E-state index contributed by atoms with van der Waals surface area (Å²) in [4.78, 5) is 32.5. The van der Waals surface area contributed by atoms with Crippen molar-refractivity contribution < 1.29 is 4.52 Å². The van der Waals surface area contributed by atoms with Crippen LogP contribution in [-0.4, -0.2) is 19.7 Å². The number of unbranched alkanes of at least 4 members (excludes halogenated alkanes) is 1. The van der Waals surface area contributed by atoms with Crippen LogP contribution in [0.4, 0.5) is 0 Å². The lowest BCUT2D eigenvalue weighted by Crippen LogP contribution is -2.30. The van der Waals surface area contributed by atoms with Crippen LogP contribution in [0.3, 0.4) is 0 Å². The number of benzene rings is 2. The van der Waals surface area contributed by atoms with E-state index in [1.165, 1.54) is 12.8 Å². The largest absolute Gasteiger partial charge is 0.439 e. The summed E-state index contributed by atoms with van der Waals surface area (Å²) in [5.74, 6) is 1.26. The van der Waals surface area contributed by atoms with Crippen molar-refractivity contribution in [1.82, 2.24) is 19.7 Å². The van der Waals surface area contributed by atoms with Gasteiger partial charge in [-0.3, -0.25) is 18.9 Å². The molecule has 1 aliphatic rings. The zero-order valence-electron chi connectivity index (χ0n) is 20.2. The van der Waals surface area contributed by atoms with Crippen molar-refractivity contribution >= 4 is 0 Å². The predicted octanol–water partition coefficient (Wildman–Crippen LogP) is 4.91. The lowest BCUT2D eigenvalue weighted by atomic mass is 9.96. The Kier molecular flexibility index (Phi) is 6.49. The number of aromatic nitrogens is 4. The molecule has 0 aliphatic heterocycles. The number of aromatic amines is 1. The summed E-state index contributed by atoms with van der Waals surface area (Å²) in [5, 5.41) is 3.84. The van der Waals surface area contributed by atoms with Crippen LogP contribution in [0.15, 0.2) is 62.6 Å². The number of aryl methyl sites for hydroxylation is 2. The summed E-state index contributed by atoms with van der Waals surface area (Å²) in [6.45, 7) is 4.89. The highest BCUT2D eigenvalue weighted by molar-refractivity contribution is 5.80. The molecule has 0 radical (unpaired) electrons. The summed E-state index contributed by atoms with van der Waals surface area (Å²) in [6, 6.07) is 15.9. The van der Waals surface area contributed by atoms with Gasteiger partial charge in [-0.2, -0.15) is 0 Å². The normalized spacial score (nSPS) is 13.3. The van der Waals surface area contributed by atoms with Gasteiger partial charge in [0.25, 0.3) is 5.56 Å². The maximum atomic E-state index is 13.5. The molecule has 1 saturated carbocycles. The fourth-order valence-corrected chi connectivity index (χ4v) is 4.55. The minimum Gasteiger partial charge on any atom is -0.296 e. The Labute approximate surface area is 203 Å². The van der Waals surface area contributed by atoms with Crippen LogP contribution >= 0.6 is 0 Å². The molecule has 1 N–H and O–H groups in total. The lowest BCUT2D eigenvalue weighted by Gasteiger charge is -2.15. The number of nitrogens with zero attached hydrogens (tertiary/aromatic N) is 3. The van der Waals surface area contributed by atoms with Crippen molar-refractivity contribution in [3.63, 3.8) is 0 Å². The smallest absolute Gasteiger partial charge is 0.296 e. The van der Waals surface area contributed by atoms with Crippen LogP contribution in [0.1, 0.15) is 55.3 Å². The summed E-state index contributed by atoms with van der Waals surface area (Å²) in [5.41, 5.74) is 5.66. The monoisotopic (exact) mass is 470 g/mol. The van der Waals surface area contributed by atoms with E-state index in [-0.39, 0.29) is 5.56 Å². The first-order valence-electron chi connectivity index (χ1n) is 12.4. The molecule has 7 nitrogen and oxygen atoms in total. The van der Waals surface area contributed by atoms with Crippen molar-refractivity contribution in [2.45, 2.75) is 58.9 Å². The number of rotatable bonds is 9. The molecule has 0 bridgehead atoms. The van der Waals surface area contributed by atoms with Gasteiger partial charge < -0.3 is 0 Å². The molecule has 0 saturated heterocycles. The molecule has 0 spiro atoms. The van der Waals surface area contributed by atoms with Gasteiger partial charge in [0.1, 0.15) is 5.82 Å². The first kappa shape index (κ1) is 23.0. The van der Waals surface area contributed by atoms with Gasteiger partial charge in [-0.05, 0) is 55.2 Å². The molecule has 1 aliphatic carbocycles. The van der Waals surface area contributed by atoms with Gasteiger partial charge >= 0.3 is 5.76 Å². The molecular formula is C28H30N4O3. The predicted molar refractivity (Wildman–Crippen MR) is 135 cm³/mol. The van der Waals surface area contributed by atoms with Gasteiger partial charge in [-0.25, -0.2) is 9.78 Å². The molecule has 0 amide bonds. The second-order valence-corrected chi connectivity index (χ2v) is 9.41. The zero-order chi connectivity index (χ0) is 24.4. The van der Waals surface area contributed by atoms with Crippen LogP contribution in [0.2, 0.25) is 0 Å². The third-order valence-electron chi connectivity index (χ3n) is 6.71. The average molecular weight is 471 g/mol. The fraction of sp³-hybridized carbons (Fsp3) is 0.357. The molecule has 7 heteroatoms. The van der Waals surface area contributed by atoms with Gasteiger partial charge in [0.05, 0.1) is 5.69 Å². The Bertz CT molecular complexity index is 1440. The van der Waals surface area contributed by atoms with Gasteiger partial charge in [-0.15, -0.1) is 0 Å². The molecule has 4 aromatic rings. The summed E-state index contributed by atoms with van der Waals surface area (Å²) >= 11 is 0. The molecule has 5 rings (SSSR count). The van der Waals surface area contributed by atoms with E-state index in [1.54, 1.807) is 0 Å². The van der Waals surface area contributed by atoms with E-state index in [1.807, 2.05) is 47.9 Å². The maximum absolute atomic E-state index is 13.5. The molecule has 0 unspecified atom stereocenters. The minimum absolute atomic E-state index is 0.111. The van der Waals surface area contributed by atoms with E-state index >= 15 is 0 Å². The number of H-pyrrole nitrogens is 1. The second-order valence-electron chi connectivity index (χ2n) is 9.41. The van der Waals surface area contributed by atoms with Crippen molar-refractivity contribution in [2.24, 2.45) is 5.92 Å². The quantitative estimate of drug-likeness (QED) is 0.375. The van der Waals surface area contributed by atoms with Crippen molar-refractivity contribution in [3.05, 3.63) is 92.1 Å². The first-order valence-corrected chi connectivity index (χ1v) is 12.4. The van der Waals surface area contributed by atoms with E-state index in [0.29, 0.717) is 18.2 Å². The SMILES string of the molecule is CCCCc1nc(C)n(CC2CC2)c(=O)c1Cc1ccc(-c2ccccc2-c2noc(=O)[nH]2)cc1. The third-order valence-corrected chi connectivity index (χ3v) is 6.71. The molecule has 180 valence electrons. The van der Waals surface area contributed by atoms with Crippen molar-refractivity contribution in [1.29, 1.82) is 0 Å². The maximum Gasteiger partial charge on any atom is 0.439 e. The third kappa shape index (κ3) is 5.04. The Balaban J connectivity index is 1.46. The topological polar surface area (TPSA) is 93.8 Å². The molecule has 1 fully saturated rings. The fourth-order valence-electron chi connectivity index (χ4n) is 4.55. The first-order chi connectivity index (χ1) is 17.0. The molecule has 2 aromatic heterocycles. The minimum atomic E-state index is -0.580. The molecule has 35 heavy (non-hydrogen) atoms. The Hall–Kier alpha value is -3.74. The lowest BCUT2D eigenvalue weighted by molar-refractivity contribution is 0.388. The summed E-state index contributed by atoms with van der Waals surface area (Å²) in [7, 11) is 0. The molecule has 0 atom stereocenters. The average Bonchev–Trinajstić information content (AvgIpc) is 3.60. The summed E-state index contributed by atoms with van der Waals surface area (Å²) in [6.07, 6.45) is 5.87. The van der Waals surface area contributed by atoms with Crippen LogP contribution in [0.25, 0.3) is 22.5 Å². The Morgan fingerprint density at radius 1 is 1.06 bits per heavy atom. The highest BCUT2D eigenvalue weighted by atomic mass is 16.5. The molecular weight excluding hydrogens is 440 g/mol. The number of hydrogen-bond donors (Lipinski definition) is 1. The van der Waals surface area contributed by atoms with Crippen LogP contribution in [0.5, 0.6) is 0 Å². The molecule has 2 aromatic carbocycles. The van der Waals surface area contributed by atoms with Crippen LogP contribution in [0, 0.1) is 12.8 Å². The van der Waals surface area contributed by atoms with Crippen LogP contribution in [-0.2, 0) is 19.4 Å². The number of hydrogen-bond acceptors (Lipinski definition) is 5.